The summed E-state index contributed by atoms with van der Waals surface area (Å²) in [6.07, 6.45) is 3.06. The van der Waals surface area contributed by atoms with E-state index < -0.39 is 0 Å². The van der Waals surface area contributed by atoms with E-state index in [4.69, 9.17) is 27.9 Å². The quantitative estimate of drug-likeness (QED) is 0.864. The summed E-state index contributed by atoms with van der Waals surface area (Å²) < 4.78 is 5.19. The van der Waals surface area contributed by atoms with E-state index >= 15 is 0 Å². The summed E-state index contributed by atoms with van der Waals surface area (Å²) in [5.74, 6) is 0. The number of methoxy groups -OCH3 is 1. The van der Waals surface area contributed by atoms with E-state index in [9.17, 15) is 5.11 Å². The molecule has 1 atom stereocenters. The van der Waals surface area contributed by atoms with Gasteiger partial charge in [-0.1, -0.05) is 29.3 Å². The standard InChI is InChI=1S/C16H23Cl2NO2/c1-21-8-6-16(12-20)5-2-7-19(11-16)10-13-3-4-14(17)15(18)9-13/h3-4,9,20H,2,5-8,10-12H2,1H3. The second-order valence-electron chi connectivity index (χ2n) is 5.96. The van der Waals surface area contributed by atoms with Gasteiger partial charge in [0.15, 0.2) is 0 Å². The Morgan fingerprint density at radius 1 is 1.33 bits per heavy atom. The molecule has 1 unspecified atom stereocenters. The lowest BCUT2D eigenvalue weighted by Gasteiger charge is -2.42. The van der Waals surface area contributed by atoms with Crippen LogP contribution in [0.2, 0.25) is 10.0 Å². The van der Waals surface area contributed by atoms with E-state index in [0.717, 1.165) is 44.5 Å². The Morgan fingerprint density at radius 3 is 2.81 bits per heavy atom. The van der Waals surface area contributed by atoms with E-state index in [2.05, 4.69) is 4.90 Å². The summed E-state index contributed by atoms with van der Waals surface area (Å²) in [4.78, 5) is 2.38. The van der Waals surface area contributed by atoms with Crippen molar-refractivity contribution in [1.29, 1.82) is 0 Å². The third-order valence-corrected chi connectivity index (χ3v) is 5.04. The lowest BCUT2D eigenvalue weighted by Crippen LogP contribution is -2.45. The molecule has 118 valence electrons. The Bertz CT molecular complexity index is 470. The van der Waals surface area contributed by atoms with Gasteiger partial charge >= 0.3 is 0 Å². The van der Waals surface area contributed by atoms with Gasteiger partial charge in [0.25, 0.3) is 0 Å². The van der Waals surface area contributed by atoms with Crippen LogP contribution in [0.25, 0.3) is 0 Å². The number of ether oxygens (including phenoxy) is 1. The van der Waals surface area contributed by atoms with Crippen LogP contribution in [-0.4, -0.2) is 43.4 Å². The number of piperidine rings is 1. The van der Waals surface area contributed by atoms with Crippen LogP contribution in [-0.2, 0) is 11.3 Å². The largest absolute Gasteiger partial charge is 0.396 e. The minimum atomic E-state index is -0.0372. The molecule has 0 aromatic heterocycles. The molecular formula is C16H23Cl2NO2. The third-order valence-electron chi connectivity index (χ3n) is 4.30. The number of benzene rings is 1. The molecule has 0 radical (unpaired) electrons. The van der Waals surface area contributed by atoms with Gasteiger partial charge in [-0.05, 0) is 43.5 Å². The number of aliphatic hydroxyl groups is 1. The second-order valence-corrected chi connectivity index (χ2v) is 6.78. The number of nitrogens with zero attached hydrogens (tertiary/aromatic N) is 1. The Morgan fingerprint density at radius 2 is 2.14 bits per heavy atom. The first kappa shape index (κ1) is 17.0. The fourth-order valence-electron chi connectivity index (χ4n) is 3.07. The summed E-state index contributed by atoms with van der Waals surface area (Å²) in [7, 11) is 1.71. The van der Waals surface area contributed by atoms with Gasteiger partial charge in [0, 0.05) is 32.2 Å². The molecule has 2 rings (SSSR count). The minimum Gasteiger partial charge on any atom is -0.396 e. The number of rotatable bonds is 6. The van der Waals surface area contributed by atoms with Crippen LogP contribution in [0, 0.1) is 5.41 Å². The first-order valence-corrected chi connectivity index (χ1v) is 8.10. The molecule has 0 bridgehead atoms. The van der Waals surface area contributed by atoms with Crippen molar-refractivity contribution in [3.63, 3.8) is 0 Å². The monoisotopic (exact) mass is 331 g/mol. The molecule has 0 aliphatic carbocycles. The summed E-state index contributed by atoms with van der Waals surface area (Å²) in [6, 6.07) is 5.78. The van der Waals surface area contributed by atoms with Crippen LogP contribution < -0.4 is 0 Å². The van der Waals surface area contributed by atoms with Crippen molar-refractivity contribution in [3.05, 3.63) is 33.8 Å². The van der Waals surface area contributed by atoms with E-state index in [-0.39, 0.29) is 12.0 Å². The van der Waals surface area contributed by atoms with Gasteiger partial charge in [0.2, 0.25) is 0 Å². The average Bonchev–Trinajstić information content (AvgIpc) is 2.49. The van der Waals surface area contributed by atoms with E-state index in [1.165, 1.54) is 0 Å². The van der Waals surface area contributed by atoms with Gasteiger partial charge in [-0.2, -0.15) is 0 Å². The Balaban J connectivity index is 2.01. The zero-order chi connectivity index (χ0) is 15.3. The van der Waals surface area contributed by atoms with Gasteiger partial charge in [0.1, 0.15) is 0 Å². The molecular weight excluding hydrogens is 309 g/mol. The lowest BCUT2D eigenvalue weighted by atomic mass is 9.78. The number of hydrogen-bond donors (Lipinski definition) is 1. The summed E-state index contributed by atoms with van der Waals surface area (Å²) >= 11 is 12.0. The second kappa shape index (κ2) is 7.80. The highest BCUT2D eigenvalue weighted by Crippen LogP contribution is 2.34. The fourth-order valence-corrected chi connectivity index (χ4v) is 3.39. The maximum atomic E-state index is 9.81. The molecule has 0 saturated carbocycles. The highest BCUT2D eigenvalue weighted by molar-refractivity contribution is 6.42. The SMILES string of the molecule is COCCC1(CO)CCCN(Cc2ccc(Cl)c(Cl)c2)C1. The van der Waals surface area contributed by atoms with Gasteiger partial charge in [0.05, 0.1) is 16.7 Å². The number of halogens is 2. The zero-order valence-corrected chi connectivity index (χ0v) is 14.0. The number of likely N-dealkylation sites (tertiary alicyclic amines) is 1. The lowest BCUT2D eigenvalue weighted by molar-refractivity contribution is 0.00476. The summed E-state index contributed by atoms with van der Waals surface area (Å²) in [5.41, 5.74) is 1.12. The molecule has 1 fully saturated rings. The van der Waals surface area contributed by atoms with Crippen LogP contribution in [0.3, 0.4) is 0 Å². The maximum absolute atomic E-state index is 9.81. The summed E-state index contributed by atoms with van der Waals surface area (Å²) in [6.45, 7) is 3.70. The smallest absolute Gasteiger partial charge is 0.0595 e. The van der Waals surface area contributed by atoms with Crippen molar-refractivity contribution in [3.8, 4) is 0 Å². The molecule has 1 aromatic carbocycles. The Labute approximate surface area is 136 Å². The third kappa shape index (κ3) is 4.57. The Kier molecular flexibility index (Phi) is 6.33. The molecule has 1 aliphatic heterocycles. The van der Waals surface area contributed by atoms with Crippen molar-refractivity contribution in [1.82, 2.24) is 4.90 Å². The van der Waals surface area contributed by atoms with Crippen molar-refractivity contribution >= 4 is 23.2 Å². The first-order chi connectivity index (χ1) is 10.1. The van der Waals surface area contributed by atoms with Gasteiger partial charge in [-0.3, -0.25) is 4.90 Å². The molecule has 1 saturated heterocycles. The molecule has 0 spiro atoms. The number of aliphatic hydroxyl groups excluding tert-OH is 1. The molecule has 0 amide bonds. The van der Waals surface area contributed by atoms with Crippen molar-refractivity contribution in [2.24, 2.45) is 5.41 Å². The highest BCUT2D eigenvalue weighted by Gasteiger charge is 2.34. The van der Waals surface area contributed by atoms with Crippen molar-refractivity contribution in [2.45, 2.75) is 25.8 Å². The summed E-state index contributed by atoms with van der Waals surface area (Å²) in [5, 5.41) is 11.0. The average molecular weight is 332 g/mol. The molecule has 1 aromatic rings. The van der Waals surface area contributed by atoms with Crippen molar-refractivity contribution < 1.29 is 9.84 Å². The fraction of sp³-hybridized carbons (Fsp3) is 0.625. The van der Waals surface area contributed by atoms with Crippen LogP contribution in [0.15, 0.2) is 18.2 Å². The normalized spacial score (nSPS) is 23.4. The van der Waals surface area contributed by atoms with Gasteiger partial charge < -0.3 is 9.84 Å². The topological polar surface area (TPSA) is 32.7 Å². The van der Waals surface area contributed by atoms with Crippen LogP contribution in [0.5, 0.6) is 0 Å². The highest BCUT2D eigenvalue weighted by atomic mass is 35.5. The van der Waals surface area contributed by atoms with Gasteiger partial charge in [-0.15, -0.1) is 0 Å². The first-order valence-electron chi connectivity index (χ1n) is 7.35. The molecule has 1 N–H and O–H groups in total. The van der Waals surface area contributed by atoms with Crippen LogP contribution in [0.4, 0.5) is 0 Å². The number of hydrogen-bond acceptors (Lipinski definition) is 3. The van der Waals surface area contributed by atoms with Crippen LogP contribution >= 0.6 is 23.2 Å². The molecule has 5 heteroatoms. The molecule has 1 aliphatic rings. The zero-order valence-electron chi connectivity index (χ0n) is 12.4. The van der Waals surface area contributed by atoms with Gasteiger partial charge in [-0.25, -0.2) is 0 Å². The predicted molar refractivity (Wildman–Crippen MR) is 87.0 cm³/mol. The van der Waals surface area contributed by atoms with E-state index in [1.807, 2.05) is 18.2 Å². The van der Waals surface area contributed by atoms with E-state index in [1.54, 1.807) is 7.11 Å². The molecule has 3 nitrogen and oxygen atoms in total. The molecule has 1 heterocycles. The molecule has 21 heavy (non-hydrogen) atoms. The Hall–Kier alpha value is -0.320. The van der Waals surface area contributed by atoms with Crippen molar-refractivity contribution in [2.75, 3.05) is 33.4 Å². The maximum Gasteiger partial charge on any atom is 0.0595 e. The van der Waals surface area contributed by atoms with E-state index in [0.29, 0.717) is 16.7 Å². The predicted octanol–water partition coefficient (Wildman–Crippen LogP) is 3.60. The minimum absolute atomic E-state index is 0.0372. The van der Waals surface area contributed by atoms with Crippen LogP contribution in [0.1, 0.15) is 24.8 Å².